The van der Waals surface area contributed by atoms with Crippen molar-refractivity contribution in [1.29, 1.82) is 0 Å². The van der Waals surface area contributed by atoms with Crippen LogP contribution in [0.2, 0.25) is 10.0 Å². The van der Waals surface area contributed by atoms with Gasteiger partial charge in [-0.15, -0.1) is 0 Å². The molecule has 0 saturated carbocycles. The van der Waals surface area contributed by atoms with Crippen LogP contribution in [-0.2, 0) is 4.79 Å². The van der Waals surface area contributed by atoms with Crippen molar-refractivity contribution in [2.45, 2.75) is 13.8 Å². The lowest BCUT2D eigenvalue weighted by molar-refractivity contribution is -0.115. The zero-order valence-corrected chi connectivity index (χ0v) is 18.0. The quantitative estimate of drug-likeness (QED) is 0.455. The van der Waals surface area contributed by atoms with Gasteiger partial charge < -0.3 is 9.73 Å². The lowest BCUT2D eigenvalue weighted by Crippen LogP contribution is -2.19. The molecule has 1 fully saturated rings. The first-order valence-electron chi connectivity index (χ1n) is 8.82. The summed E-state index contributed by atoms with van der Waals surface area (Å²) >= 11 is 13.8. The number of nitrogens with zero attached hydrogens (tertiary/aromatic N) is 1. The molecule has 29 heavy (non-hydrogen) atoms. The topological polar surface area (TPSA) is 54.6 Å². The van der Waals surface area contributed by atoms with E-state index in [-0.39, 0.29) is 5.91 Å². The first-order valence-corrected chi connectivity index (χ1v) is 10.4. The number of carbonyl (C=O) groups excluding carboxylic acids is 1. The Labute approximate surface area is 182 Å². The van der Waals surface area contributed by atoms with Crippen LogP contribution in [0.4, 0.5) is 5.69 Å². The number of rotatable bonds is 3. The minimum atomic E-state index is -0.215. The van der Waals surface area contributed by atoms with Crippen molar-refractivity contribution in [2.75, 3.05) is 0 Å². The van der Waals surface area contributed by atoms with Gasteiger partial charge in [-0.2, -0.15) is 0 Å². The number of amidine groups is 1. The van der Waals surface area contributed by atoms with Crippen molar-refractivity contribution < 1.29 is 9.21 Å². The standard InChI is InChI=1S/C22H16Cl2N2O2S/c1-12-6-7-13(2)17(10-12)25-22-26-21(27)19(29-22)11-14-8-9-18(28-14)20-15(23)4-3-5-16(20)24/h3-11H,1-2H3,(H,25,26,27). The van der Waals surface area contributed by atoms with E-state index in [9.17, 15) is 4.79 Å². The second kappa shape index (κ2) is 8.11. The Morgan fingerprint density at radius 2 is 1.83 bits per heavy atom. The van der Waals surface area contributed by atoms with Gasteiger partial charge in [0.15, 0.2) is 5.17 Å². The average molecular weight is 443 g/mol. The lowest BCUT2D eigenvalue weighted by atomic mass is 10.1. The van der Waals surface area contributed by atoms with Crippen LogP contribution >= 0.6 is 35.0 Å². The monoisotopic (exact) mass is 442 g/mol. The molecule has 2 aromatic carbocycles. The molecule has 146 valence electrons. The number of aliphatic imine (C=N–C) groups is 1. The third-order valence-corrected chi connectivity index (χ3v) is 5.89. The fourth-order valence-corrected chi connectivity index (χ4v) is 4.26. The van der Waals surface area contributed by atoms with E-state index in [0.29, 0.717) is 37.2 Å². The maximum Gasteiger partial charge on any atom is 0.264 e. The van der Waals surface area contributed by atoms with Crippen LogP contribution in [0.25, 0.3) is 17.4 Å². The molecule has 1 saturated heterocycles. The van der Waals surface area contributed by atoms with Gasteiger partial charge in [0.25, 0.3) is 5.91 Å². The lowest BCUT2D eigenvalue weighted by Gasteiger charge is -2.02. The van der Waals surface area contributed by atoms with Crippen LogP contribution < -0.4 is 5.32 Å². The van der Waals surface area contributed by atoms with Crippen LogP contribution in [0.15, 0.2) is 62.8 Å². The van der Waals surface area contributed by atoms with Gasteiger partial charge in [0.1, 0.15) is 11.5 Å². The molecular formula is C22H16Cl2N2O2S. The molecule has 0 bridgehead atoms. The van der Waals surface area contributed by atoms with Crippen molar-refractivity contribution in [3.63, 3.8) is 0 Å². The number of benzene rings is 2. The van der Waals surface area contributed by atoms with E-state index in [4.69, 9.17) is 27.6 Å². The molecule has 0 radical (unpaired) electrons. The van der Waals surface area contributed by atoms with E-state index in [1.165, 1.54) is 11.8 Å². The Bertz CT molecular complexity index is 1160. The molecule has 0 atom stereocenters. The normalized spacial score (nSPS) is 16.6. The number of hydrogen-bond acceptors (Lipinski definition) is 4. The largest absolute Gasteiger partial charge is 0.457 e. The summed E-state index contributed by atoms with van der Waals surface area (Å²) in [6, 6.07) is 14.9. The minimum absolute atomic E-state index is 0.215. The maximum absolute atomic E-state index is 12.4. The highest BCUT2D eigenvalue weighted by atomic mass is 35.5. The Morgan fingerprint density at radius 1 is 1.07 bits per heavy atom. The van der Waals surface area contributed by atoms with Gasteiger partial charge in [-0.3, -0.25) is 4.79 Å². The number of thioether (sulfide) groups is 1. The highest BCUT2D eigenvalue weighted by Crippen LogP contribution is 2.36. The summed E-state index contributed by atoms with van der Waals surface area (Å²) in [6.45, 7) is 4.00. The summed E-state index contributed by atoms with van der Waals surface area (Å²) in [5.41, 5.74) is 3.62. The van der Waals surface area contributed by atoms with Crippen molar-refractivity contribution in [3.05, 3.63) is 80.4 Å². The van der Waals surface area contributed by atoms with E-state index in [0.717, 1.165) is 16.8 Å². The third kappa shape index (κ3) is 4.27. The Kier molecular flexibility index (Phi) is 5.54. The number of hydrogen-bond donors (Lipinski definition) is 1. The van der Waals surface area contributed by atoms with Crippen molar-refractivity contribution in [1.82, 2.24) is 5.32 Å². The van der Waals surface area contributed by atoms with Gasteiger partial charge in [0.2, 0.25) is 0 Å². The molecule has 2 heterocycles. The molecule has 0 unspecified atom stereocenters. The first-order chi connectivity index (χ1) is 13.9. The summed E-state index contributed by atoms with van der Waals surface area (Å²) in [5, 5.41) is 4.34. The van der Waals surface area contributed by atoms with Gasteiger partial charge in [0.05, 0.1) is 26.2 Å². The second-order valence-electron chi connectivity index (χ2n) is 6.57. The molecule has 1 aromatic heterocycles. The van der Waals surface area contributed by atoms with Crippen molar-refractivity contribution in [2.24, 2.45) is 4.99 Å². The van der Waals surface area contributed by atoms with E-state index >= 15 is 0 Å². The van der Waals surface area contributed by atoms with E-state index in [1.54, 1.807) is 36.4 Å². The number of carbonyl (C=O) groups is 1. The number of amides is 1. The molecule has 4 rings (SSSR count). The molecular weight excluding hydrogens is 427 g/mol. The van der Waals surface area contributed by atoms with Crippen LogP contribution in [-0.4, -0.2) is 11.1 Å². The highest BCUT2D eigenvalue weighted by molar-refractivity contribution is 8.18. The van der Waals surface area contributed by atoms with Crippen LogP contribution in [0.3, 0.4) is 0 Å². The maximum atomic E-state index is 12.4. The van der Waals surface area contributed by atoms with Gasteiger partial charge in [-0.1, -0.05) is 41.4 Å². The minimum Gasteiger partial charge on any atom is -0.457 e. The molecule has 1 aliphatic rings. The van der Waals surface area contributed by atoms with Gasteiger partial charge in [-0.05, 0) is 67.1 Å². The highest BCUT2D eigenvalue weighted by Gasteiger charge is 2.24. The first kappa shape index (κ1) is 19.8. The average Bonchev–Trinajstić information content (AvgIpc) is 3.25. The number of halogens is 2. The molecule has 0 aliphatic carbocycles. The van der Waals surface area contributed by atoms with Gasteiger partial charge in [-0.25, -0.2) is 4.99 Å². The Balaban J connectivity index is 1.60. The van der Waals surface area contributed by atoms with Gasteiger partial charge in [0, 0.05) is 6.08 Å². The molecule has 7 heteroatoms. The molecule has 3 aromatic rings. The van der Waals surface area contributed by atoms with Gasteiger partial charge >= 0.3 is 0 Å². The molecule has 1 amide bonds. The SMILES string of the molecule is Cc1ccc(C)c(N=C2NC(=O)C(=Cc3ccc(-c4c(Cl)cccc4Cl)o3)S2)c1. The Hall–Kier alpha value is -2.47. The summed E-state index contributed by atoms with van der Waals surface area (Å²) in [4.78, 5) is 17.4. The summed E-state index contributed by atoms with van der Waals surface area (Å²) < 4.78 is 5.85. The summed E-state index contributed by atoms with van der Waals surface area (Å²) in [7, 11) is 0. The van der Waals surface area contributed by atoms with Crippen LogP contribution in [0.1, 0.15) is 16.9 Å². The Morgan fingerprint density at radius 3 is 2.59 bits per heavy atom. The van der Waals surface area contributed by atoms with Crippen LogP contribution in [0.5, 0.6) is 0 Å². The smallest absolute Gasteiger partial charge is 0.264 e. The zero-order chi connectivity index (χ0) is 20.5. The molecule has 0 spiro atoms. The number of furan rings is 1. The summed E-state index contributed by atoms with van der Waals surface area (Å²) in [5.74, 6) is 0.856. The molecule has 1 aliphatic heterocycles. The zero-order valence-electron chi connectivity index (χ0n) is 15.6. The molecule has 4 nitrogen and oxygen atoms in total. The number of aryl methyl sites for hydroxylation is 2. The van der Waals surface area contributed by atoms with E-state index in [2.05, 4.69) is 10.3 Å². The van der Waals surface area contributed by atoms with E-state index < -0.39 is 0 Å². The predicted molar refractivity (Wildman–Crippen MR) is 121 cm³/mol. The predicted octanol–water partition coefficient (Wildman–Crippen LogP) is 6.76. The fourth-order valence-electron chi connectivity index (χ4n) is 2.86. The number of nitrogens with one attached hydrogen (secondary N) is 1. The summed E-state index contributed by atoms with van der Waals surface area (Å²) in [6.07, 6.45) is 1.68. The molecule has 1 N–H and O–H groups in total. The van der Waals surface area contributed by atoms with Crippen molar-refractivity contribution in [3.8, 4) is 11.3 Å². The van der Waals surface area contributed by atoms with Crippen molar-refractivity contribution >= 4 is 57.8 Å². The third-order valence-electron chi connectivity index (χ3n) is 4.35. The second-order valence-corrected chi connectivity index (χ2v) is 8.42. The fraction of sp³-hybridized carbons (Fsp3) is 0.0909. The van der Waals surface area contributed by atoms with Crippen LogP contribution in [0, 0.1) is 13.8 Å². The van der Waals surface area contributed by atoms with E-state index in [1.807, 2.05) is 32.0 Å².